The minimum absolute atomic E-state index is 0.0816. The van der Waals surface area contributed by atoms with Crippen molar-refractivity contribution in [2.24, 2.45) is 0 Å². The number of carbonyl (C=O) groups is 1. The van der Waals surface area contributed by atoms with Crippen LogP contribution in [0.2, 0.25) is 0 Å². The van der Waals surface area contributed by atoms with Gasteiger partial charge in [0.2, 0.25) is 5.75 Å². The highest BCUT2D eigenvalue weighted by atomic mass is 16.6. The molecule has 0 aromatic heterocycles. The van der Waals surface area contributed by atoms with Crippen molar-refractivity contribution in [3.63, 3.8) is 0 Å². The van der Waals surface area contributed by atoms with E-state index in [0.29, 0.717) is 11.1 Å². The fourth-order valence-electron chi connectivity index (χ4n) is 2.20. The molecule has 120 valence electrons. The molecule has 0 atom stereocenters. The molecule has 2 aromatic rings. The molecule has 0 aliphatic rings. The van der Waals surface area contributed by atoms with Crippen LogP contribution in [0.1, 0.15) is 16.7 Å². The summed E-state index contributed by atoms with van der Waals surface area (Å²) in [6.07, 6.45) is -0.0816. The first-order valence-electron chi connectivity index (χ1n) is 7.03. The number of nitro groups is 1. The Balaban J connectivity index is 2.37. The number of hydrogen-bond donors (Lipinski definition) is 0. The van der Waals surface area contributed by atoms with Crippen LogP contribution in [0.4, 0.5) is 5.69 Å². The first-order valence-corrected chi connectivity index (χ1v) is 7.03. The number of hydrogen-bond acceptors (Lipinski definition) is 5. The second kappa shape index (κ2) is 7.40. The van der Waals surface area contributed by atoms with E-state index in [0.717, 1.165) is 5.56 Å². The van der Waals surface area contributed by atoms with E-state index >= 15 is 0 Å². The number of carbonyl (C=O) groups excluding carboxylic acids is 1. The fraction of sp³-hybridized carbons (Fsp3) is 0.235. The van der Waals surface area contributed by atoms with Gasteiger partial charge in [0.05, 0.1) is 18.5 Å². The lowest BCUT2D eigenvalue weighted by atomic mass is 10.1. The van der Waals surface area contributed by atoms with E-state index in [1.54, 1.807) is 19.1 Å². The van der Waals surface area contributed by atoms with Crippen LogP contribution in [-0.4, -0.2) is 18.0 Å². The van der Waals surface area contributed by atoms with Gasteiger partial charge in [-0.2, -0.15) is 0 Å². The van der Waals surface area contributed by atoms with Gasteiger partial charge in [-0.3, -0.25) is 14.9 Å². The molecule has 0 amide bonds. The molecule has 0 fully saturated rings. The maximum Gasteiger partial charge on any atom is 0.314 e. The molecule has 2 aromatic carbocycles. The number of nitrogens with zero attached hydrogens (tertiary/aromatic N) is 1. The van der Waals surface area contributed by atoms with E-state index in [4.69, 9.17) is 4.74 Å². The van der Waals surface area contributed by atoms with Gasteiger partial charge in [-0.05, 0) is 12.5 Å². The molecule has 0 spiro atoms. The first-order chi connectivity index (χ1) is 11.0. The van der Waals surface area contributed by atoms with Crippen LogP contribution in [0.25, 0.3) is 0 Å². The SMILES string of the molecule is COC(=O)Cc1ccc(C)c([N+](=O)[O-])c1OCc1ccccc1. The van der Waals surface area contributed by atoms with Gasteiger partial charge in [0, 0.05) is 11.1 Å². The fourth-order valence-corrected chi connectivity index (χ4v) is 2.20. The van der Waals surface area contributed by atoms with E-state index < -0.39 is 10.9 Å². The second-order valence-corrected chi connectivity index (χ2v) is 5.00. The van der Waals surface area contributed by atoms with Gasteiger partial charge in [-0.25, -0.2) is 0 Å². The van der Waals surface area contributed by atoms with E-state index in [-0.39, 0.29) is 24.5 Å². The lowest BCUT2D eigenvalue weighted by molar-refractivity contribution is -0.386. The van der Waals surface area contributed by atoms with E-state index in [1.807, 2.05) is 30.3 Å². The van der Waals surface area contributed by atoms with Crippen molar-refractivity contribution in [3.05, 3.63) is 69.3 Å². The quantitative estimate of drug-likeness (QED) is 0.464. The zero-order valence-corrected chi connectivity index (χ0v) is 12.9. The molecule has 0 heterocycles. The van der Waals surface area contributed by atoms with Gasteiger partial charge in [0.15, 0.2) is 0 Å². The summed E-state index contributed by atoms with van der Waals surface area (Å²) in [5.74, 6) is -0.364. The van der Waals surface area contributed by atoms with Gasteiger partial charge < -0.3 is 9.47 Å². The standard InChI is InChI=1S/C17H17NO5/c1-12-8-9-14(10-15(19)22-2)17(16(12)18(20)21)23-11-13-6-4-3-5-7-13/h3-9H,10-11H2,1-2H3. The van der Waals surface area contributed by atoms with Crippen molar-refractivity contribution in [1.29, 1.82) is 0 Å². The van der Waals surface area contributed by atoms with Crippen LogP contribution in [-0.2, 0) is 22.6 Å². The van der Waals surface area contributed by atoms with Crippen LogP contribution in [0.5, 0.6) is 5.75 Å². The minimum Gasteiger partial charge on any atom is -0.482 e. The number of aryl methyl sites for hydroxylation is 1. The lowest BCUT2D eigenvalue weighted by Crippen LogP contribution is -2.09. The van der Waals surface area contributed by atoms with Crippen LogP contribution in [0.3, 0.4) is 0 Å². The third-order valence-electron chi connectivity index (χ3n) is 3.39. The monoisotopic (exact) mass is 315 g/mol. The van der Waals surface area contributed by atoms with Crippen molar-refractivity contribution in [1.82, 2.24) is 0 Å². The molecule has 0 unspecified atom stereocenters. The lowest BCUT2D eigenvalue weighted by Gasteiger charge is -2.13. The average Bonchev–Trinajstić information content (AvgIpc) is 2.55. The van der Waals surface area contributed by atoms with Crippen molar-refractivity contribution in [3.8, 4) is 5.75 Å². The van der Waals surface area contributed by atoms with Gasteiger partial charge in [-0.15, -0.1) is 0 Å². The maximum absolute atomic E-state index is 11.5. The predicted molar refractivity (Wildman–Crippen MR) is 84.3 cm³/mol. The molecule has 6 heteroatoms. The normalized spacial score (nSPS) is 10.2. The Labute approximate surface area is 133 Å². The highest BCUT2D eigenvalue weighted by molar-refractivity contribution is 5.75. The number of rotatable bonds is 6. The second-order valence-electron chi connectivity index (χ2n) is 5.00. The Morgan fingerprint density at radius 1 is 1.17 bits per heavy atom. The zero-order valence-electron chi connectivity index (χ0n) is 12.9. The summed E-state index contributed by atoms with van der Waals surface area (Å²) >= 11 is 0. The Hall–Kier alpha value is -2.89. The van der Waals surface area contributed by atoms with Crippen molar-refractivity contribution >= 4 is 11.7 Å². The summed E-state index contributed by atoms with van der Waals surface area (Å²) in [7, 11) is 1.27. The van der Waals surface area contributed by atoms with E-state index in [9.17, 15) is 14.9 Å². The highest BCUT2D eigenvalue weighted by Crippen LogP contribution is 2.35. The van der Waals surface area contributed by atoms with Crippen molar-refractivity contribution < 1.29 is 19.2 Å². The molecule has 0 saturated heterocycles. The molecule has 0 bridgehead atoms. The van der Waals surface area contributed by atoms with Crippen molar-refractivity contribution in [2.45, 2.75) is 20.0 Å². The highest BCUT2D eigenvalue weighted by Gasteiger charge is 2.24. The number of benzene rings is 2. The van der Waals surface area contributed by atoms with E-state index in [1.165, 1.54) is 7.11 Å². The Morgan fingerprint density at radius 3 is 2.48 bits per heavy atom. The molecule has 0 radical (unpaired) electrons. The largest absolute Gasteiger partial charge is 0.482 e. The Bertz CT molecular complexity index is 712. The minimum atomic E-state index is -0.490. The topological polar surface area (TPSA) is 78.7 Å². The molecule has 2 rings (SSSR count). The summed E-state index contributed by atoms with van der Waals surface area (Å²) in [4.78, 5) is 22.4. The van der Waals surface area contributed by atoms with Gasteiger partial charge >= 0.3 is 11.7 Å². The summed E-state index contributed by atoms with van der Waals surface area (Å²) in [5, 5.41) is 11.4. The molecule has 0 N–H and O–H groups in total. The molecule has 0 aliphatic heterocycles. The van der Waals surface area contributed by atoms with Crippen LogP contribution in [0.15, 0.2) is 42.5 Å². The average molecular weight is 315 g/mol. The van der Waals surface area contributed by atoms with Crippen molar-refractivity contribution in [2.75, 3.05) is 7.11 Å². The molecule has 0 aliphatic carbocycles. The van der Waals surface area contributed by atoms with Gasteiger partial charge in [0.25, 0.3) is 0 Å². The first kappa shape index (κ1) is 16.5. The number of ether oxygens (including phenoxy) is 2. The third-order valence-corrected chi connectivity index (χ3v) is 3.39. The van der Waals surface area contributed by atoms with Crippen LogP contribution >= 0.6 is 0 Å². The van der Waals surface area contributed by atoms with Crippen LogP contribution < -0.4 is 4.74 Å². The summed E-state index contributed by atoms with van der Waals surface area (Å²) in [5.41, 5.74) is 1.67. The summed E-state index contributed by atoms with van der Waals surface area (Å²) < 4.78 is 10.3. The predicted octanol–water partition coefficient (Wildman–Crippen LogP) is 3.20. The molecule has 6 nitrogen and oxygen atoms in total. The Morgan fingerprint density at radius 2 is 1.87 bits per heavy atom. The summed E-state index contributed by atoms with van der Waals surface area (Å²) in [6, 6.07) is 12.6. The van der Waals surface area contributed by atoms with E-state index in [2.05, 4.69) is 4.74 Å². The zero-order chi connectivity index (χ0) is 16.8. The number of nitro benzene ring substituents is 1. The van der Waals surface area contributed by atoms with Gasteiger partial charge in [-0.1, -0.05) is 42.5 Å². The Kier molecular flexibility index (Phi) is 5.30. The molecule has 0 saturated carbocycles. The third kappa shape index (κ3) is 4.06. The molecular formula is C17H17NO5. The molecule has 23 heavy (non-hydrogen) atoms. The smallest absolute Gasteiger partial charge is 0.314 e. The molecular weight excluding hydrogens is 298 g/mol. The number of methoxy groups -OCH3 is 1. The van der Waals surface area contributed by atoms with Crippen LogP contribution in [0, 0.1) is 17.0 Å². The number of esters is 1. The summed E-state index contributed by atoms with van der Waals surface area (Å²) in [6.45, 7) is 1.81. The van der Waals surface area contributed by atoms with Gasteiger partial charge in [0.1, 0.15) is 6.61 Å². The maximum atomic E-state index is 11.5.